The average Bonchev–Trinajstić information content (AvgIpc) is 3.24. The second-order valence-electron chi connectivity index (χ2n) is 18.2. The van der Waals surface area contributed by atoms with E-state index in [0.29, 0.717) is 17.4 Å². The minimum atomic E-state index is -4.38. The predicted octanol–water partition coefficient (Wildman–Crippen LogP) is 15.2. The highest BCUT2D eigenvalue weighted by molar-refractivity contribution is 7.47. The van der Waals surface area contributed by atoms with Gasteiger partial charge in [-0.15, -0.1) is 0 Å². The summed E-state index contributed by atoms with van der Waals surface area (Å²) in [7, 11) is 1.47. The summed E-state index contributed by atoms with van der Waals surface area (Å²) in [5, 5.41) is 0. The molecule has 0 aliphatic rings. The third-order valence-corrected chi connectivity index (χ3v) is 11.8. The van der Waals surface area contributed by atoms with Crippen molar-refractivity contribution in [2.45, 2.75) is 219 Å². The normalized spacial score (nSPS) is 13.9. The van der Waals surface area contributed by atoms with Crippen LogP contribution in [0.25, 0.3) is 0 Å². The fraction of sp³-hybridized carbons (Fsp3) is 0.774. The maximum absolute atomic E-state index is 12.8. The minimum absolute atomic E-state index is 0.0295. The first-order valence-electron chi connectivity index (χ1n) is 25.5. The summed E-state index contributed by atoms with van der Waals surface area (Å²) in [6.07, 6.45) is 55.5. The van der Waals surface area contributed by atoms with E-state index in [2.05, 4.69) is 74.6 Å². The molecule has 2 unspecified atom stereocenters. The number of unbranched alkanes of at least 4 members (excludes halogenated alkanes) is 22. The van der Waals surface area contributed by atoms with Gasteiger partial charge in [0.25, 0.3) is 0 Å². The Kier molecular flexibility index (Phi) is 43.3. The van der Waals surface area contributed by atoms with Crippen LogP contribution in [-0.2, 0) is 32.7 Å². The van der Waals surface area contributed by atoms with Crippen LogP contribution >= 0.6 is 7.82 Å². The molecule has 0 heterocycles. The highest BCUT2D eigenvalue weighted by Crippen LogP contribution is 2.43. The summed E-state index contributed by atoms with van der Waals surface area (Å²) < 4.78 is 34.4. The van der Waals surface area contributed by atoms with E-state index in [4.69, 9.17) is 18.5 Å². The van der Waals surface area contributed by atoms with Crippen LogP contribution in [0.1, 0.15) is 213 Å². The van der Waals surface area contributed by atoms with Crippen molar-refractivity contribution in [1.82, 2.24) is 0 Å². The summed E-state index contributed by atoms with van der Waals surface area (Å²) in [5.41, 5.74) is 0. The number of phosphoric ester groups is 1. The Morgan fingerprint density at radius 3 is 1.35 bits per heavy atom. The SMILES string of the molecule is CC/C=C\C/C=C\C/C=C\C/C=C\C/C=C\CCCCCCCCCCCC(=O)OC(COC(=O)CCCCCCCCCCCCCCCC)COP(=O)(O)OCC[N+](C)(C)C. The molecule has 0 aromatic heterocycles. The lowest BCUT2D eigenvalue weighted by Crippen LogP contribution is -2.37. The highest BCUT2D eigenvalue weighted by atomic mass is 31.2. The molecule has 0 saturated carbocycles. The Hall–Kier alpha value is -2.29. The lowest BCUT2D eigenvalue weighted by atomic mass is 10.0. The molecule has 63 heavy (non-hydrogen) atoms. The number of allylic oxidation sites excluding steroid dienone is 10. The molecule has 0 aromatic carbocycles. The van der Waals surface area contributed by atoms with Gasteiger partial charge in [-0.25, -0.2) is 4.57 Å². The molecule has 0 saturated heterocycles. The van der Waals surface area contributed by atoms with Crippen molar-refractivity contribution in [2.24, 2.45) is 0 Å². The number of carbonyl (C=O) groups is 2. The van der Waals surface area contributed by atoms with E-state index < -0.39 is 26.5 Å². The van der Waals surface area contributed by atoms with Gasteiger partial charge in [0.05, 0.1) is 27.7 Å². The van der Waals surface area contributed by atoms with Gasteiger partial charge in [0.15, 0.2) is 6.10 Å². The van der Waals surface area contributed by atoms with Gasteiger partial charge < -0.3 is 18.9 Å². The van der Waals surface area contributed by atoms with Crippen LogP contribution in [-0.4, -0.2) is 74.9 Å². The topological polar surface area (TPSA) is 108 Å². The Bertz CT molecular complexity index is 1250. The fourth-order valence-corrected chi connectivity index (χ4v) is 7.61. The first-order valence-corrected chi connectivity index (χ1v) is 27.0. The maximum atomic E-state index is 12.8. The van der Waals surface area contributed by atoms with Crippen molar-refractivity contribution in [3.8, 4) is 0 Å². The van der Waals surface area contributed by atoms with E-state index in [1.807, 2.05) is 21.1 Å². The molecule has 0 aliphatic carbocycles. The van der Waals surface area contributed by atoms with Gasteiger partial charge in [-0.3, -0.25) is 18.6 Å². The zero-order valence-corrected chi connectivity index (χ0v) is 42.2. The zero-order chi connectivity index (χ0) is 46.4. The lowest BCUT2D eigenvalue weighted by molar-refractivity contribution is -0.870. The van der Waals surface area contributed by atoms with Gasteiger partial charge in [0, 0.05) is 12.8 Å². The number of rotatable bonds is 46. The number of esters is 2. The van der Waals surface area contributed by atoms with Crippen LogP contribution in [0.4, 0.5) is 0 Å². The number of nitrogens with zero attached hydrogens (tertiary/aromatic N) is 1. The lowest BCUT2D eigenvalue weighted by Gasteiger charge is -2.24. The van der Waals surface area contributed by atoms with Crippen molar-refractivity contribution >= 4 is 19.8 Å². The van der Waals surface area contributed by atoms with Crippen LogP contribution in [0, 0.1) is 0 Å². The van der Waals surface area contributed by atoms with Crippen molar-refractivity contribution in [3.63, 3.8) is 0 Å². The predicted molar refractivity (Wildman–Crippen MR) is 266 cm³/mol. The number of hydrogen-bond acceptors (Lipinski definition) is 7. The van der Waals surface area contributed by atoms with Crippen molar-refractivity contribution in [3.05, 3.63) is 60.8 Å². The zero-order valence-electron chi connectivity index (χ0n) is 41.3. The monoisotopic (exact) mass is 907 g/mol. The molecule has 10 heteroatoms. The number of carbonyl (C=O) groups excluding carboxylic acids is 2. The third-order valence-electron chi connectivity index (χ3n) is 10.8. The Labute approximate surface area is 387 Å². The molecule has 0 amide bonds. The molecule has 0 aromatic rings. The standard InChI is InChI=1S/C53H96NO8P/c1-6-8-10-12-14-16-18-20-22-23-24-25-26-27-28-29-30-31-32-34-36-38-40-42-44-46-53(56)62-51(50-61-63(57,58)60-48-47-54(3,4)5)49-59-52(55)45-43-41-39-37-35-33-21-19-17-15-13-11-9-7-2/h8,10,14,16,20,22,24-25,27-28,51H,6-7,9,11-13,15,17-19,21,23,26,29-50H2,1-5H3/p+1/b10-8-,16-14-,22-20-,25-24-,28-27-. The largest absolute Gasteiger partial charge is 0.472 e. The Morgan fingerprint density at radius 2 is 0.905 bits per heavy atom. The number of quaternary nitrogens is 1. The average molecular weight is 907 g/mol. The van der Waals surface area contributed by atoms with E-state index in [1.54, 1.807) is 0 Å². The fourth-order valence-electron chi connectivity index (χ4n) is 6.87. The molecule has 9 nitrogen and oxygen atoms in total. The van der Waals surface area contributed by atoms with Crippen LogP contribution in [0.15, 0.2) is 60.8 Å². The molecule has 1 N–H and O–H groups in total. The van der Waals surface area contributed by atoms with Gasteiger partial charge in [-0.1, -0.05) is 203 Å². The number of likely N-dealkylation sites (N-methyl/N-ethyl adjacent to an activating group) is 1. The Morgan fingerprint density at radius 1 is 0.508 bits per heavy atom. The molecule has 0 fully saturated rings. The molecule has 2 atom stereocenters. The summed E-state index contributed by atoms with van der Waals surface area (Å²) in [6, 6.07) is 0. The van der Waals surface area contributed by atoms with Crippen LogP contribution in [0.3, 0.4) is 0 Å². The van der Waals surface area contributed by atoms with Gasteiger partial charge in [0.1, 0.15) is 19.8 Å². The molecular formula is C53H97NO8P+. The van der Waals surface area contributed by atoms with E-state index in [1.165, 1.54) is 103 Å². The molecular weight excluding hydrogens is 810 g/mol. The smallest absolute Gasteiger partial charge is 0.462 e. The van der Waals surface area contributed by atoms with Crippen LogP contribution < -0.4 is 0 Å². The number of ether oxygens (including phenoxy) is 2. The van der Waals surface area contributed by atoms with Crippen molar-refractivity contribution in [2.75, 3.05) is 47.5 Å². The van der Waals surface area contributed by atoms with Crippen molar-refractivity contribution in [1.29, 1.82) is 0 Å². The molecule has 0 aliphatic heterocycles. The summed E-state index contributed by atoms with van der Waals surface area (Å²) >= 11 is 0. The number of phosphoric acid groups is 1. The molecule has 0 bridgehead atoms. The van der Waals surface area contributed by atoms with Gasteiger partial charge in [-0.05, 0) is 57.8 Å². The van der Waals surface area contributed by atoms with Crippen LogP contribution in [0.2, 0.25) is 0 Å². The number of hydrogen-bond donors (Lipinski definition) is 1. The van der Waals surface area contributed by atoms with Crippen molar-refractivity contribution < 1.29 is 42.1 Å². The minimum Gasteiger partial charge on any atom is -0.462 e. The molecule has 0 rings (SSSR count). The second-order valence-corrected chi connectivity index (χ2v) is 19.6. The maximum Gasteiger partial charge on any atom is 0.472 e. The van der Waals surface area contributed by atoms with E-state index >= 15 is 0 Å². The van der Waals surface area contributed by atoms with Gasteiger partial charge in [-0.2, -0.15) is 0 Å². The molecule has 366 valence electrons. The Balaban J connectivity index is 4.24. The molecule has 0 radical (unpaired) electrons. The van der Waals surface area contributed by atoms with Crippen LogP contribution in [0.5, 0.6) is 0 Å². The van der Waals surface area contributed by atoms with E-state index in [9.17, 15) is 19.0 Å². The first-order chi connectivity index (χ1) is 30.5. The van der Waals surface area contributed by atoms with Gasteiger partial charge in [0.2, 0.25) is 0 Å². The van der Waals surface area contributed by atoms with E-state index in [-0.39, 0.29) is 32.0 Å². The quantitative estimate of drug-likeness (QED) is 0.0212. The summed E-state index contributed by atoms with van der Waals surface area (Å²) in [6.45, 7) is 4.32. The first kappa shape index (κ1) is 60.7. The summed E-state index contributed by atoms with van der Waals surface area (Å²) in [4.78, 5) is 35.5. The second kappa shape index (κ2) is 44.9. The highest BCUT2D eigenvalue weighted by Gasteiger charge is 2.27. The summed E-state index contributed by atoms with van der Waals surface area (Å²) in [5.74, 6) is -0.801. The van der Waals surface area contributed by atoms with Gasteiger partial charge >= 0.3 is 19.8 Å². The van der Waals surface area contributed by atoms with E-state index in [0.717, 1.165) is 77.0 Å². The molecule has 0 spiro atoms. The third kappa shape index (κ3) is 49.0.